The molecule has 3 aliphatic rings. The first-order chi connectivity index (χ1) is 13.9. The fourth-order valence-corrected chi connectivity index (χ4v) is 4.60. The summed E-state index contributed by atoms with van der Waals surface area (Å²) in [6, 6.07) is 0.991. The molecule has 0 aliphatic carbocycles. The van der Waals surface area contributed by atoms with E-state index in [1.165, 1.54) is 11.8 Å². The number of guanidine groups is 1. The van der Waals surface area contributed by atoms with Gasteiger partial charge < -0.3 is 9.47 Å². The van der Waals surface area contributed by atoms with Crippen molar-refractivity contribution in [3.8, 4) is 0 Å². The summed E-state index contributed by atoms with van der Waals surface area (Å²) in [6.07, 6.45) is 5.17. The summed E-state index contributed by atoms with van der Waals surface area (Å²) in [5, 5.41) is 3.34. The average molecular weight is 407 g/mol. The summed E-state index contributed by atoms with van der Waals surface area (Å²) in [6.45, 7) is 6.07. The Kier molecular flexibility index (Phi) is 7.05. The van der Waals surface area contributed by atoms with Crippen molar-refractivity contribution in [3.63, 3.8) is 0 Å². The topological polar surface area (TPSA) is 98.5 Å². The van der Waals surface area contributed by atoms with Gasteiger partial charge in [0.1, 0.15) is 23.8 Å². The number of unbranched alkanes of at least 4 members (excludes halogenated alkanes) is 2. The molecule has 0 radical (unpaired) electrons. The molecule has 0 aromatic heterocycles. The number of aliphatic imine (C=N–C) groups is 1. The molecule has 0 aromatic carbocycles. The van der Waals surface area contributed by atoms with E-state index in [9.17, 15) is 14.4 Å². The van der Waals surface area contributed by atoms with Gasteiger partial charge >= 0.3 is 17.9 Å². The van der Waals surface area contributed by atoms with Gasteiger partial charge in [0, 0.05) is 25.0 Å². The predicted molar refractivity (Wildman–Crippen MR) is 106 cm³/mol. The monoisotopic (exact) mass is 406 g/mol. The summed E-state index contributed by atoms with van der Waals surface area (Å²) >= 11 is 0. The molecular formula is C21H32N3O5+. The molecule has 3 heterocycles. The zero-order valence-electron chi connectivity index (χ0n) is 17.6. The Labute approximate surface area is 171 Å². The third kappa shape index (κ3) is 5.23. The third-order valence-electron chi connectivity index (χ3n) is 5.82. The lowest BCUT2D eigenvalue weighted by molar-refractivity contribution is -0.846. The SMILES string of the molecule is CC(=O)CC(=O)OCCCCCOC(=O)C1=C(C)NC2=N[C@@H](C)C[C@H]3CC[C@@H]1[NH+]23. The fraction of sp³-hybridized carbons (Fsp3) is 0.714. The van der Waals surface area contributed by atoms with Gasteiger partial charge in [0.15, 0.2) is 0 Å². The molecule has 0 spiro atoms. The predicted octanol–water partition coefficient (Wildman–Crippen LogP) is 0.664. The van der Waals surface area contributed by atoms with Gasteiger partial charge in [-0.1, -0.05) is 0 Å². The van der Waals surface area contributed by atoms with Gasteiger partial charge in [0.05, 0.1) is 25.3 Å². The zero-order chi connectivity index (χ0) is 21.0. The van der Waals surface area contributed by atoms with Gasteiger partial charge in [0.25, 0.3) is 0 Å². The van der Waals surface area contributed by atoms with Crippen LogP contribution in [0.3, 0.4) is 0 Å². The first-order valence-electron chi connectivity index (χ1n) is 10.6. The smallest absolute Gasteiger partial charge is 0.341 e. The number of allylic oxidation sites excluding steroid dienone is 1. The Morgan fingerprint density at radius 3 is 2.59 bits per heavy atom. The van der Waals surface area contributed by atoms with Crippen LogP contribution in [0.15, 0.2) is 16.3 Å². The Balaban J connectivity index is 1.42. The standard InChI is InChI=1S/C21H31N3O5/c1-13-11-16-7-8-17-19(15(3)23-21(22-13)24(16)17)20(27)29-10-6-4-5-9-28-18(26)12-14(2)25/h13,16-17H,4-12H2,1-3H3,(H,22,23)/p+1/t13-,16+,17-/m0/s1. The number of carbonyl (C=O) groups is 3. The lowest BCUT2D eigenvalue weighted by atomic mass is 10.0. The Morgan fingerprint density at radius 1 is 1.14 bits per heavy atom. The zero-order valence-corrected chi connectivity index (χ0v) is 17.6. The molecule has 8 nitrogen and oxygen atoms in total. The van der Waals surface area contributed by atoms with Gasteiger partial charge in [-0.15, -0.1) is 0 Å². The summed E-state index contributed by atoms with van der Waals surface area (Å²) in [5.74, 6) is 0.0587. The number of carbonyl (C=O) groups excluding carboxylic acids is 3. The number of ether oxygens (including phenoxy) is 2. The number of hydrogen-bond acceptors (Lipinski definition) is 7. The Bertz CT molecular complexity index is 730. The average Bonchev–Trinajstić information content (AvgIpc) is 3.04. The second kappa shape index (κ2) is 9.52. The minimum absolute atomic E-state index is 0.140. The molecule has 0 saturated carbocycles. The van der Waals surface area contributed by atoms with Gasteiger partial charge in [-0.25, -0.2) is 9.79 Å². The van der Waals surface area contributed by atoms with Crippen molar-refractivity contribution in [1.82, 2.24) is 5.32 Å². The van der Waals surface area contributed by atoms with E-state index in [4.69, 9.17) is 14.5 Å². The number of esters is 2. The molecule has 160 valence electrons. The highest BCUT2D eigenvalue weighted by atomic mass is 16.5. The van der Waals surface area contributed by atoms with Crippen molar-refractivity contribution in [2.45, 2.75) is 83.8 Å². The van der Waals surface area contributed by atoms with Gasteiger partial charge in [-0.2, -0.15) is 0 Å². The second-order valence-electron chi connectivity index (χ2n) is 8.30. The molecule has 1 fully saturated rings. The van der Waals surface area contributed by atoms with E-state index in [0.717, 1.165) is 42.9 Å². The lowest BCUT2D eigenvalue weighted by Crippen LogP contribution is -3.22. The van der Waals surface area contributed by atoms with Crippen molar-refractivity contribution in [1.29, 1.82) is 0 Å². The summed E-state index contributed by atoms with van der Waals surface area (Å²) in [7, 11) is 0. The molecular weight excluding hydrogens is 374 g/mol. The van der Waals surface area contributed by atoms with Crippen LogP contribution in [0.2, 0.25) is 0 Å². The van der Waals surface area contributed by atoms with Crippen LogP contribution in [-0.2, 0) is 23.9 Å². The minimum Gasteiger partial charge on any atom is -0.465 e. The van der Waals surface area contributed by atoms with E-state index in [2.05, 4.69) is 12.2 Å². The largest absolute Gasteiger partial charge is 0.465 e. The number of Topliss-reactive ketones (excluding diaryl/α,β-unsaturated/α-hetero) is 1. The van der Waals surface area contributed by atoms with Crippen LogP contribution in [-0.4, -0.2) is 55.0 Å². The second-order valence-corrected chi connectivity index (χ2v) is 8.30. The Hall–Kier alpha value is -2.22. The van der Waals surface area contributed by atoms with Crippen LogP contribution in [0, 0.1) is 0 Å². The fourth-order valence-electron chi connectivity index (χ4n) is 4.60. The van der Waals surface area contributed by atoms with Gasteiger partial charge in [-0.05, 0) is 40.0 Å². The molecule has 8 heteroatoms. The highest BCUT2D eigenvalue weighted by Crippen LogP contribution is 2.25. The van der Waals surface area contributed by atoms with Crippen LogP contribution >= 0.6 is 0 Å². The van der Waals surface area contributed by atoms with Crippen LogP contribution in [0.25, 0.3) is 0 Å². The van der Waals surface area contributed by atoms with E-state index in [0.29, 0.717) is 31.5 Å². The number of ketones is 1. The number of nitrogens with one attached hydrogen (secondary N) is 2. The molecule has 4 atom stereocenters. The lowest BCUT2D eigenvalue weighted by Gasteiger charge is -2.36. The van der Waals surface area contributed by atoms with E-state index < -0.39 is 5.97 Å². The number of nitrogens with zero attached hydrogens (tertiary/aromatic N) is 1. The molecule has 29 heavy (non-hydrogen) atoms. The highest BCUT2D eigenvalue weighted by molar-refractivity contribution is 5.94. The normalized spacial score (nSPS) is 27.6. The van der Waals surface area contributed by atoms with Gasteiger partial charge in [0.2, 0.25) is 0 Å². The number of quaternary nitrogens is 1. The number of rotatable bonds is 9. The van der Waals surface area contributed by atoms with Crippen LogP contribution in [0.5, 0.6) is 0 Å². The molecule has 1 unspecified atom stereocenters. The maximum absolute atomic E-state index is 12.7. The first kappa shape index (κ1) is 21.5. The van der Waals surface area contributed by atoms with E-state index in [1.54, 1.807) is 0 Å². The molecule has 0 aromatic rings. The maximum atomic E-state index is 12.7. The molecule has 2 N–H and O–H groups in total. The van der Waals surface area contributed by atoms with Crippen LogP contribution < -0.4 is 10.2 Å². The molecule has 0 bridgehead atoms. The van der Waals surface area contributed by atoms with E-state index in [1.807, 2.05) is 6.92 Å². The first-order valence-corrected chi connectivity index (χ1v) is 10.6. The van der Waals surface area contributed by atoms with Crippen molar-refractivity contribution in [3.05, 3.63) is 11.3 Å². The summed E-state index contributed by atoms with van der Waals surface area (Å²) < 4.78 is 10.5. The quantitative estimate of drug-likeness (QED) is 0.332. The van der Waals surface area contributed by atoms with Crippen molar-refractivity contribution in [2.24, 2.45) is 4.99 Å². The van der Waals surface area contributed by atoms with E-state index in [-0.39, 0.29) is 30.8 Å². The van der Waals surface area contributed by atoms with Crippen molar-refractivity contribution < 1.29 is 28.8 Å². The molecule has 3 aliphatic heterocycles. The van der Waals surface area contributed by atoms with Crippen molar-refractivity contribution in [2.75, 3.05) is 13.2 Å². The molecule has 3 rings (SSSR count). The summed E-state index contributed by atoms with van der Waals surface area (Å²) in [5.41, 5.74) is 1.61. The van der Waals surface area contributed by atoms with Crippen LogP contribution in [0.1, 0.15) is 65.7 Å². The third-order valence-corrected chi connectivity index (χ3v) is 5.82. The molecule has 0 amide bonds. The van der Waals surface area contributed by atoms with Crippen molar-refractivity contribution >= 4 is 23.7 Å². The van der Waals surface area contributed by atoms with Crippen LogP contribution in [0.4, 0.5) is 0 Å². The minimum atomic E-state index is -0.483. The Morgan fingerprint density at radius 2 is 1.86 bits per heavy atom. The maximum Gasteiger partial charge on any atom is 0.341 e. The van der Waals surface area contributed by atoms with E-state index >= 15 is 0 Å². The molecule has 1 saturated heterocycles. The summed E-state index contributed by atoms with van der Waals surface area (Å²) in [4.78, 5) is 40.9. The number of hydrogen-bond donors (Lipinski definition) is 2. The highest BCUT2D eigenvalue weighted by Gasteiger charge is 2.51. The van der Waals surface area contributed by atoms with Gasteiger partial charge in [-0.3, -0.25) is 19.8 Å².